The van der Waals surface area contributed by atoms with E-state index in [9.17, 15) is 16.8 Å². The summed E-state index contributed by atoms with van der Waals surface area (Å²) in [6, 6.07) is 6.82. The molecule has 0 aromatic heterocycles. The van der Waals surface area contributed by atoms with Gasteiger partial charge in [-0.2, -0.15) is 0 Å². The number of primary sulfonamides is 2. The van der Waals surface area contributed by atoms with Crippen molar-refractivity contribution in [1.82, 2.24) is 0 Å². The molecule has 0 spiro atoms. The average molecular weight is 285 g/mol. The zero-order valence-corrected chi connectivity index (χ0v) is 10.3. The Morgan fingerprint density at radius 3 is 1.62 bits per heavy atom. The predicted molar refractivity (Wildman–Crippen MR) is 60.2 cm³/mol. The van der Waals surface area contributed by atoms with Crippen LogP contribution in [0.15, 0.2) is 30.3 Å². The second kappa shape index (κ2) is 3.97. The minimum Gasteiger partial charge on any atom is -0.226 e. The monoisotopic (exact) mass is 284 g/mol. The van der Waals surface area contributed by atoms with Crippen LogP contribution in [0.2, 0.25) is 0 Å². The fraction of sp³-hybridized carbons (Fsp3) is 0.143. The highest BCUT2D eigenvalue weighted by Gasteiger charge is 2.52. The van der Waals surface area contributed by atoms with Gasteiger partial charge in [0.25, 0.3) is 3.54 Å². The van der Waals surface area contributed by atoms with Crippen LogP contribution in [-0.4, -0.2) is 16.8 Å². The van der Waals surface area contributed by atoms with E-state index < -0.39 is 23.6 Å². The topological polar surface area (TPSA) is 120 Å². The standard InChI is InChI=1S/C7H9ClN2O4S2/c8-7(15(9,11)12,16(10,13)14)6-4-2-1-3-5-6/h1-5H,(H2,9,11,12)(H2,10,13,14). The first-order valence-corrected chi connectivity index (χ1v) is 7.37. The first-order chi connectivity index (χ1) is 7.11. The molecule has 1 aromatic carbocycles. The van der Waals surface area contributed by atoms with E-state index in [1.807, 2.05) is 0 Å². The summed E-state index contributed by atoms with van der Waals surface area (Å²) < 4.78 is 42.3. The molecule has 1 rings (SSSR count). The Labute approximate surface area is 98.3 Å². The van der Waals surface area contributed by atoms with E-state index in [0.29, 0.717) is 0 Å². The van der Waals surface area contributed by atoms with Crippen molar-refractivity contribution in [2.24, 2.45) is 10.3 Å². The van der Waals surface area contributed by atoms with Crippen molar-refractivity contribution < 1.29 is 16.8 Å². The highest BCUT2D eigenvalue weighted by molar-refractivity contribution is 8.09. The fourth-order valence-electron chi connectivity index (χ4n) is 1.13. The quantitative estimate of drug-likeness (QED) is 0.734. The molecule has 0 saturated heterocycles. The Balaban J connectivity index is 3.66. The second-order valence-electron chi connectivity index (χ2n) is 2.99. The van der Waals surface area contributed by atoms with Crippen LogP contribution in [-0.2, 0) is 23.6 Å². The summed E-state index contributed by atoms with van der Waals surface area (Å²) in [7, 11) is -9.25. The van der Waals surface area contributed by atoms with Gasteiger partial charge in [-0.1, -0.05) is 41.9 Å². The Morgan fingerprint density at radius 1 is 0.938 bits per heavy atom. The first kappa shape index (κ1) is 13.4. The van der Waals surface area contributed by atoms with Gasteiger partial charge in [-0.3, -0.25) is 0 Å². The molecule has 6 nitrogen and oxygen atoms in total. The number of hydrogen-bond donors (Lipinski definition) is 2. The van der Waals surface area contributed by atoms with Crippen LogP contribution in [0.4, 0.5) is 0 Å². The smallest absolute Gasteiger partial charge is 0.226 e. The van der Waals surface area contributed by atoms with Crippen LogP contribution in [0.1, 0.15) is 5.56 Å². The van der Waals surface area contributed by atoms with Crippen molar-refractivity contribution >= 4 is 31.6 Å². The Kier molecular flexibility index (Phi) is 3.32. The molecule has 0 radical (unpaired) electrons. The van der Waals surface area contributed by atoms with Gasteiger partial charge in [0.15, 0.2) is 0 Å². The number of rotatable bonds is 3. The summed E-state index contributed by atoms with van der Waals surface area (Å²) in [5.41, 5.74) is -0.221. The predicted octanol–water partition coefficient (Wildman–Crippen LogP) is -0.387. The Bertz CT molecular complexity index is 550. The molecule has 0 atom stereocenters. The normalized spacial score (nSPS) is 13.7. The summed E-state index contributed by atoms with van der Waals surface area (Å²) in [4.78, 5) is 0. The molecule has 0 unspecified atom stereocenters. The van der Waals surface area contributed by atoms with Crippen LogP contribution in [0.3, 0.4) is 0 Å². The number of benzene rings is 1. The van der Waals surface area contributed by atoms with Gasteiger partial charge in [-0.15, -0.1) is 0 Å². The van der Waals surface area contributed by atoms with Crippen LogP contribution in [0.5, 0.6) is 0 Å². The van der Waals surface area contributed by atoms with Gasteiger partial charge >= 0.3 is 0 Å². The molecule has 0 aliphatic carbocycles. The summed E-state index contributed by atoms with van der Waals surface area (Å²) in [6.07, 6.45) is 0. The molecule has 0 fully saturated rings. The zero-order chi connectivity index (χ0) is 12.6. The maximum Gasteiger partial charge on any atom is 0.297 e. The number of nitrogens with two attached hydrogens (primary N) is 2. The van der Waals surface area contributed by atoms with Gasteiger partial charge in [-0.05, 0) is 0 Å². The van der Waals surface area contributed by atoms with Crippen molar-refractivity contribution in [1.29, 1.82) is 0 Å². The van der Waals surface area contributed by atoms with E-state index in [1.165, 1.54) is 24.3 Å². The molecular formula is C7H9ClN2O4S2. The van der Waals surface area contributed by atoms with Crippen molar-refractivity contribution in [2.45, 2.75) is 3.54 Å². The lowest BCUT2D eigenvalue weighted by molar-refractivity contribution is 0.572. The van der Waals surface area contributed by atoms with Crippen LogP contribution in [0, 0.1) is 0 Å². The van der Waals surface area contributed by atoms with E-state index in [0.717, 1.165) is 0 Å². The van der Waals surface area contributed by atoms with Gasteiger partial charge in [-0.25, -0.2) is 27.1 Å². The maximum absolute atomic E-state index is 11.3. The SMILES string of the molecule is NS(=O)(=O)C(Cl)(c1ccccc1)S(N)(=O)=O. The molecule has 90 valence electrons. The molecule has 9 heteroatoms. The van der Waals surface area contributed by atoms with Gasteiger partial charge in [0, 0.05) is 5.56 Å². The molecule has 0 saturated carbocycles. The molecule has 0 aliphatic heterocycles. The molecule has 0 amide bonds. The summed E-state index contributed by atoms with van der Waals surface area (Å²) in [5, 5.41) is 9.63. The molecule has 0 heterocycles. The van der Waals surface area contributed by atoms with Crippen LogP contribution >= 0.6 is 11.6 Å². The number of alkyl halides is 1. The summed E-state index contributed by atoms with van der Waals surface area (Å²) >= 11 is 5.59. The molecule has 16 heavy (non-hydrogen) atoms. The van der Waals surface area contributed by atoms with Crippen LogP contribution < -0.4 is 10.3 Å². The number of hydrogen-bond acceptors (Lipinski definition) is 4. The molecule has 0 aliphatic rings. The minimum atomic E-state index is -4.62. The van der Waals surface area contributed by atoms with E-state index in [2.05, 4.69) is 0 Å². The van der Waals surface area contributed by atoms with Gasteiger partial charge in [0.05, 0.1) is 0 Å². The van der Waals surface area contributed by atoms with E-state index in [4.69, 9.17) is 21.9 Å². The summed E-state index contributed by atoms with van der Waals surface area (Å²) in [5.74, 6) is 0. The van der Waals surface area contributed by atoms with Crippen molar-refractivity contribution in [3.63, 3.8) is 0 Å². The van der Waals surface area contributed by atoms with E-state index in [-0.39, 0.29) is 5.56 Å². The lowest BCUT2D eigenvalue weighted by atomic mass is 10.2. The Hall–Kier alpha value is -0.670. The highest BCUT2D eigenvalue weighted by atomic mass is 35.5. The third-order valence-electron chi connectivity index (χ3n) is 1.85. The minimum absolute atomic E-state index is 0.221. The Morgan fingerprint density at radius 2 is 1.31 bits per heavy atom. The lowest BCUT2D eigenvalue weighted by Crippen LogP contribution is -2.46. The fourth-order valence-corrected chi connectivity index (χ4v) is 3.48. The average Bonchev–Trinajstić information content (AvgIpc) is 2.14. The zero-order valence-electron chi connectivity index (χ0n) is 7.87. The second-order valence-corrected chi connectivity index (χ2v) is 7.67. The van der Waals surface area contributed by atoms with Crippen molar-refractivity contribution in [3.05, 3.63) is 35.9 Å². The third kappa shape index (κ3) is 2.06. The number of sulfonamides is 2. The van der Waals surface area contributed by atoms with Gasteiger partial charge in [0.2, 0.25) is 20.0 Å². The molecule has 4 N–H and O–H groups in total. The third-order valence-corrected chi connectivity index (χ3v) is 6.69. The number of halogens is 1. The van der Waals surface area contributed by atoms with E-state index >= 15 is 0 Å². The lowest BCUT2D eigenvalue weighted by Gasteiger charge is -2.22. The van der Waals surface area contributed by atoms with Crippen molar-refractivity contribution in [2.75, 3.05) is 0 Å². The summed E-state index contributed by atoms with van der Waals surface area (Å²) in [6.45, 7) is 0. The van der Waals surface area contributed by atoms with Gasteiger partial charge < -0.3 is 0 Å². The van der Waals surface area contributed by atoms with E-state index in [1.54, 1.807) is 6.07 Å². The highest BCUT2D eigenvalue weighted by Crippen LogP contribution is 2.37. The first-order valence-electron chi connectivity index (χ1n) is 3.90. The molecule has 1 aromatic rings. The molecular weight excluding hydrogens is 276 g/mol. The largest absolute Gasteiger partial charge is 0.297 e. The molecule has 0 bridgehead atoms. The van der Waals surface area contributed by atoms with Crippen molar-refractivity contribution in [3.8, 4) is 0 Å². The van der Waals surface area contributed by atoms with Gasteiger partial charge in [0.1, 0.15) is 0 Å². The maximum atomic E-state index is 11.3. The van der Waals surface area contributed by atoms with Crippen LogP contribution in [0.25, 0.3) is 0 Å².